The number of fused-ring (bicyclic) bond motifs is 1. The molecule has 27 heavy (non-hydrogen) atoms. The molecule has 2 saturated heterocycles. The number of aromatic nitrogens is 1. The van der Waals surface area contributed by atoms with Crippen LogP contribution in [0.5, 0.6) is 0 Å². The minimum Gasteiger partial charge on any atom is -0.383 e. The summed E-state index contributed by atoms with van der Waals surface area (Å²) < 4.78 is 11.3. The van der Waals surface area contributed by atoms with E-state index in [1.807, 2.05) is 31.2 Å². The predicted molar refractivity (Wildman–Crippen MR) is 97.6 cm³/mol. The first-order valence-electron chi connectivity index (χ1n) is 9.27. The Balaban J connectivity index is 1.53. The summed E-state index contributed by atoms with van der Waals surface area (Å²) in [4.78, 5) is 34.0. The Labute approximate surface area is 158 Å². The minimum atomic E-state index is -0.669. The maximum Gasteiger partial charge on any atom is 0.230 e. The monoisotopic (exact) mass is 371 g/mol. The Kier molecular flexibility index (Phi) is 4.52. The lowest BCUT2D eigenvalue weighted by Gasteiger charge is -2.28. The van der Waals surface area contributed by atoms with Gasteiger partial charge in [-0.1, -0.05) is 18.2 Å². The van der Waals surface area contributed by atoms with E-state index in [-0.39, 0.29) is 17.9 Å². The van der Waals surface area contributed by atoms with Crippen LogP contribution < -0.4 is 0 Å². The summed E-state index contributed by atoms with van der Waals surface area (Å²) in [6.07, 6.45) is 5.31. The number of carbonyl (C=O) groups excluding carboxylic acids is 2. The third-order valence-corrected chi connectivity index (χ3v) is 5.91. The van der Waals surface area contributed by atoms with Gasteiger partial charge < -0.3 is 19.3 Å². The predicted octanol–water partition coefficient (Wildman–Crippen LogP) is 0.777. The van der Waals surface area contributed by atoms with Gasteiger partial charge in [-0.2, -0.15) is 0 Å². The standard InChI is InChI=1S/C20H25N3O4/c1-13-5-4-8-21-14(13)11-22(2)18(24)16-15-6-7-20(27-15)12-23(9-10-26-3)19(25)17(16)20/h4-8,15-17H,9-12H2,1-3H3/t15-,16+,17-,20-/m0/s1. The molecule has 4 rings (SSSR count). The average Bonchev–Trinajstić information content (AvgIpc) is 3.29. The van der Waals surface area contributed by atoms with E-state index in [1.165, 1.54) is 0 Å². The molecule has 1 spiro atoms. The zero-order chi connectivity index (χ0) is 19.2. The first kappa shape index (κ1) is 18.1. The second-order valence-electron chi connectivity index (χ2n) is 7.61. The van der Waals surface area contributed by atoms with E-state index in [0.717, 1.165) is 11.3 Å². The highest BCUT2D eigenvalue weighted by atomic mass is 16.5. The molecule has 3 aliphatic rings. The highest BCUT2D eigenvalue weighted by Gasteiger charge is 2.66. The number of aryl methyl sites for hydroxylation is 1. The van der Waals surface area contributed by atoms with Gasteiger partial charge in [0, 0.05) is 26.9 Å². The van der Waals surface area contributed by atoms with Crippen LogP contribution in [0.25, 0.3) is 0 Å². The lowest BCUT2D eigenvalue weighted by atomic mass is 9.76. The largest absolute Gasteiger partial charge is 0.383 e. The molecule has 3 aliphatic heterocycles. The van der Waals surface area contributed by atoms with Crippen LogP contribution in [0.1, 0.15) is 11.3 Å². The summed E-state index contributed by atoms with van der Waals surface area (Å²) >= 11 is 0. The normalized spacial score (nSPS) is 30.9. The Morgan fingerprint density at radius 2 is 2.33 bits per heavy atom. The summed E-state index contributed by atoms with van der Waals surface area (Å²) in [6.45, 7) is 3.87. The molecule has 0 N–H and O–H groups in total. The summed E-state index contributed by atoms with van der Waals surface area (Å²) in [5.74, 6) is -1.02. The second kappa shape index (κ2) is 6.73. The van der Waals surface area contributed by atoms with Crippen molar-refractivity contribution in [3.63, 3.8) is 0 Å². The van der Waals surface area contributed by atoms with Gasteiger partial charge in [0.05, 0.1) is 43.3 Å². The Hall–Kier alpha value is -2.25. The molecule has 2 amide bonds. The molecule has 7 heteroatoms. The number of ether oxygens (including phenoxy) is 2. The maximum absolute atomic E-state index is 13.2. The van der Waals surface area contributed by atoms with Gasteiger partial charge in [0.15, 0.2) is 0 Å². The van der Waals surface area contributed by atoms with Crippen LogP contribution in [0.3, 0.4) is 0 Å². The highest BCUT2D eigenvalue weighted by molar-refractivity contribution is 5.93. The number of pyridine rings is 1. The van der Waals surface area contributed by atoms with E-state index in [2.05, 4.69) is 4.98 Å². The molecule has 0 unspecified atom stereocenters. The zero-order valence-electron chi connectivity index (χ0n) is 15.9. The molecule has 2 fully saturated rings. The third kappa shape index (κ3) is 2.85. The van der Waals surface area contributed by atoms with Crippen LogP contribution in [0, 0.1) is 18.8 Å². The number of likely N-dealkylation sites (tertiary alicyclic amines) is 1. The van der Waals surface area contributed by atoms with Gasteiger partial charge in [0.25, 0.3) is 0 Å². The van der Waals surface area contributed by atoms with Gasteiger partial charge >= 0.3 is 0 Å². The molecule has 7 nitrogen and oxygen atoms in total. The number of hydrogen-bond donors (Lipinski definition) is 0. The second-order valence-corrected chi connectivity index (χ2v) is 7.61. The fourth-order valence-corrected chi connectivity index (χ4v) is 4.49. The number of nitrogens with zero attached hydrogens (tertiary/aromatic N) is 3. The number of rotatable bonds is 6. The summed E-state index contributed by atoms with van der Waals surface area (Å²) in [5, 5.41) is 0. The van der Waals surface area contributed by atoms with E-state index in [9.17, 15) is 9.59 Å². The van der Waals surface area contributed by atoms with Gasteiger partial charge in [-0.05, 0) is 18.6 Å². The van der Waals surface area contributed by atoms with Crippen molar-refractivity contribution >= 4 is 11.8 Å². The highest BCUT2D eigenvalue weighted by Crippen LogP contribution is 2.52. The van der Waals surface area contributed by atoms with Gasteiger partial charge in [-0.25, -0.2) is 0 Å². The van der Waals surface area contributed by atoms with Crippen molar-refractivity contribution in [2.75, 3.05) is 33.9 Å². The molecule has 4 heterocycles. The third-order valence-electron chi connectivity index (χ3n) is 5.91. The van der Waals surface area contributed by atoms with Crippen LogP contribution in [-0.2, 0) is 25.6 Å². The van der Waals surface area contributed by atoms with E-state index >= 15 is 0 Å². The van der Waals surface area contributed by atoms with Crippen molar-refractivity contribution in [2.24, 2.45) is 11.8 Å². The van der Waals surface area contributed by atoms with E-state index in [1.54, 1.807) is 30.2 Å². The van der Waals surface area contributed by atoms with Crippen molar-refractivity contribution < 1.29 is 19.1 Å². The smallest absolute Gasteiger partial charge is 0.230 e. The molecule has 0 aromatic carbocycles. The molecular formula is C20H25N3O4. The van der Waals surface area contributed by atoms with Gasteiger partial charge in [0.1, 0.15) is 5.60 Å². The zero-order valence-corrected chi connectivity index (χ0v) is 15.9. The SMILES string of the molecule is COCCN1C[C@]23C=C[C@H](O2)[C@@H](C(=O)N(C)Cc2ncccc2C)[C@H]3C1=O. The van der Waals surface area contributed by atoms with Crippen LogP contribution in [0.2, 0.25) is 0 Å². The molecule has 4 atom stereocenters. The lowest BCUT2D eigenvalue weighted by molar-refractivity contribution is -0.142. The summed E-state index contributed by atoms with van der Waals surface area (Å²) in [5.41, 5.74) is 1.24. The van der Waals surface area contributed by atoms with Gasteiger partial charge in [0.2, 0.25) is 11.8 Å². The first-order chi connectivity index (χ1) is 13.0. The van der Waals surface area contributed by atoms with E-state index in [0.29, 0.717) is 26.2 Å². The van der Waals surface area contributed by atoms with Gasteiger partial charge in [-0.15, -0.1) is 0 Å². The molecule has 0 radical (unpaired) electrons. The Bertz CT molecular complexity index is 795. The lowest BCUT2D eigenvalue weighted by Crippen LogP contribution is -2.44. The van der Waals surface area contributed by atoms with Crippen molar-refractivity contribution in [3.8, 4) is 0 Å². The van der Waals surface area contributed by atoms with E-state index < -0.39 is 17.4 Å². The van der Waals surface area contributed by atoms with Crippen LogP contribution in [-0.4, -0.2) is 72.2 Å². The summed E-state index contributed by atoms with van der Waals surface area (Å²) in [6, 6.07) is 3.86. The molecule has 0 aliphatic carbocycles. The van der Waals surface area contributed by atoms with Crippen molar-refractivity contribution in [2.45, 2.75) is 25.2 Å². The van der Waals surface area contributed by atoms with Crippen molar-refractivity contribution in [3.05, 3.63) is 41.7 Å². The topological polar surface area (TPSA) is 72.0 Å². The van der Waals surface area contributed by atoms with Crippen LogP contribution >= 0.6 is 0 Å². The number of hydrogen-bond acceptors (Lipinski definition) is 5. The van der Waals surface area contributed by atoms with Crippen molar-refractivity contribution in [1.82, 2.24) is 14.8 Å². The molecule has 0 saturated carbocycles. The molecule has 144 valence electrons. The van der Waals surface area contributed by atoms with Crippen LogP contribution in [0.4, 0.5) is 0 Å². The fourth-order valence-electron chi connectivity index (χ4n) is 4.49. The number of amides is 2. The fraction of sp³-hybridized carbons (Fsp3) is 0.550. The van der Waals surface area contributed by atoms with E-state index in [4.69, 9.17) is 9.47 Å². The minimum absolute atomic E-state index is 0.0142. The molecule has 2 bridgehead atoms. The quantitative estimate of drug-likeness (QED) is 0.691. The molecular weight excluding hydrogens is 346 g/mol. The Morgan fingerprint density at radius 3 is 3.07 bits per heavy atom. The number of carbonyl (C=O) groups is 2. The van der Waals surface area contributed by atoms with Crippen LogP contribution in [0.15, 0.2) is 30.5 Å². The summed E-state index contributed by atoms with van der Waals surface area (Å²) in [7, 11) is 3.38. The Morgan fingerprint density at radius 1 is 1.52 bits per heavy atom. The molecule has 1 aromatic heterocycles. The maximum atomic E-state index is 13.2. The average molecular weight is 371 g/mol. The first-order valence-corrected chi connectivity index (χ1v) is 9.27. The van der Waals surface area contributed by atoms with Gasteiger partial charge in [-0.3, -0.25) is 14.6 Å². The van der Waals surface area contributed by atoms with Crippen molar-refractivity contribution in [1.29, 1.82) is 0 Å². The number of methoxy groups -OCH3 is 1. The molecule has 1 aromatic rings.